The number of nitrogens with one attached hydrogen (secondary N) is 2. The Morgan fingerprint density at radius 1 is 1.37 bits per heavy atom. The third-order valence-corrected chi connectivity index (χ3v) is 2.82. The highest BCUT2D eigenvalue weighted by molar-refractivity contribution is 7.80. The molecule has 0 saturated heterocycles. The van der Waals surface area contributed by atoms with Gasteiger partial charge in [-0.2, -0.15) is 0 Å². The zero-order valence-corrected chi connectivity index (χ0v) is 11.7. The Bertz CT molecular complexity index is 490. The van der Waals surface area contributed by atoms with Crippen LogP contribution in [0.25, 0.3) is 0 Å². The van der Waals surface area contributed by atoms with E-state index < -0.39 is 17.9 Å². The van der Waals surface area contributed by atoms with Crippen LogP contribution in [0.4, 0.5) is 0 Å². The van der Waals surface area contributed by atoms with E-state index in [0.29, 0.717) is 17.0 Å². The van der Waals surface area contributed by atoms with E-state index in [2.05, 4.69) is 10.6 Å². The van der Waals surface area contributed by atoms with Crippen molar-refractivity contribution in [2.45, 2.75) is 19.4 Å². The van der Waals surface area contributed by atoms with Crippen LogP contribution in [0.3, 0.4) is 0 Å². The highest BCUT2D eigenvalue weighted by Gasteiger charge is 2.17. The molecule has 0 heterocycles. The summed E-state index contributed by atoms with van der Waals surface area (Å²) in [5.41, 5.74) is 0.386. The molecule has 1 rings (SSSR count). The number of carbonyl (C=O) groups is 2. The van der Waals surface area contributed by atoms with Gasteiger partial charge in [-0.1, -0.05) is 18.5 Å². The summed E-state index contributed by atoms with van der Waals surface area (Å²) in [5.74, 6) is -1.44. The Labute approximate surface area is 121 Å². The Balaban J connectivity index is 2.59. The number of benzene rings is 1. The van der Waals surface area contributed by atoms with Gasteiger partial charge in [0.2, 0.25) is 0 Å². The molecule has 0 unspecified atom stereocenters. The lowest BCUT2D eigenvalue weighted by Gasteiger charge is -2.14. The molecule has 0 aliphatic rings. The van der Waals surface area contributed by atoms with Crippen LogP contribution < -0.4 is 10.6 Å². The maximum absolute atomic E-state index is 11.8. The van der Waals surface area contributed by atoms with E-state index in [0.717, 1.165) is 0 Å². The van der Waals surface area contributed by atoms with Crippen molar-refractivity contribution in [3.05, 3.63) is 34.9 Å². The Morgan fingerprint density at radius 2 is 1.95 bits per heavy atom. The van der Waals surface area contributed by atoms with E-state index in [1.807, 2.05) is 0 Å². The molecule has 102 valence electrons. The first-order chi connectivity index (χ1) is 8.93. The van der Waals surface area contributed by atoms with E-state index in [9.17, 15) is 9.59 Å². The fraction of sp³-hybridized carbons (Fsp3) is 0.250. The number of carbonyl (C=O) groups excluding carboxylic acids is 1. The molecule has 1 aromatic carbocycles. The van der Waals surface area contributed by atoms with Crippen molar-refractivity contribution < 1.29 is 14.7 Å². The molecule has 0 radical (unpaired) electrons. The smallest absolute Gasteiger partial charge is 0.326 e. The second-order valence-corrected chi connectivity index (χ2v) is 4.58. The maximum atomic E-state index is 11.8. The fourth-order valence-electron chi connectivity index (χ4n) is 1.31. The van der Waals surface area contributed by atoms with E-state index >= 15 is 0 Å². The van der Waals surface area contributed by atoms with Crippen molar-refractivity contribution in [2.75, 3.05) is 0 Å². The predicted molar refractivity (Wildman–Crippen MR) is 76.4 cm³/mol. The van der Waals surface area contributed by atoms with Crippen LogP contribution in [0.1, 0.15) is 23.7 Å². The molecule has 0 aliphatic heterocycles. The summed E-state index contributed by atoms with van der Waals surface area (Å²) in [6, 6.07) is 5.44. The van der Waals surface area contributed by atoms with Crippen LogP contribution >= 0.6 is 23.8 Å². The lowest BCUT2D eigenvalue weighted by atomic mass is 10.2. The van der Waals surface area contributed by atoms with Gasteiger partial charge >= 0.3 is 5.97 Å². The monoisotopic (exact) mass is 300 g/mol. The summed E-state index contributed by atoms with van der Waals surface area (Å²) in [7, 11) is 0. The molecule has 0 fully saturated rings. The van der Waals surface area contributed by atoms with Gasteiger partial charge in [0.25, 0.3) is 5.91 Å². The normalized spacial score (nSPS) is 11.5. The van der Waals surface area contributed by atoms with Gasteiger partial charge in [0.15, 0.2) is 5.11 Å². The minimum Gasteiger partial charge on any atom is -0.480 e. The van der Waals surface area contributed by atoms with Crippen molar-refractivity contribution in [3.8, 4) is 0 Å². The first-order valence-electron chi connectivity index (χ1n) is 5.54. The average Bonchev–Trinajstić information content (AvgIpc) is 2.36. The largest absolute Gasteiger partial charge is 0.480 e. The SMILES string of the molecule is CC[C@H](NC(=S)NC(=O)c1ccc(Cl)cc1)C(=O)O. The van der Waals surface area contributed by atoms with E-state index in [1.54, 1.807) is 31.2 Å². The van der Waals surface area contributed by atoms with Gasteiger partial charge in [-0.15, -0.1) is 0 Å². The summed E-state index contributed by atoms with van der Waals surface area (Å²) in [6.07, 6.45) is 0.353. The van der Waals surface area contributed by atoms with Crippen LogP contribution in [0.15, 0.2) is 24.3 Å². The van der Waals surface area contributed by atoms with Crippen LogP contribution in [0.2, 0.25) is 5.02 Å². The minimum atomic E-state index is -1.02. The molecule has 0 aliphatic carbocycles. The molecule has 1 amide bonds. The highest BCUT2D eigenvalue weighted by atomic mass is 35.5. The Morgan fingerprint density at radius 3 is 2.42 bits per heavy atom. The number of amides is 1. The molecule has 0 saturated carbocycles. The van der Waals surface area contributed by atoms with Gasteiger partial charge in [-0.3, -0.25) is 10.1 Å². The van der Waals surface area contributed by atoms with Crippen molar-refractivity contribution in [2.24, 2.45) is 0 Å². The van der Waals surface area contributed by atoms with Crippen molar-refractivity contribution in [3.63, 3.8) is 0 Å². The predicted octanol–water partition coefficient (Wildman–Crippen LogP) is 1.81. The molecule has 3 N–H and O–H groups in total. The second-order valence-electron chi connectivity index (χ2n) is 3.73. The first kappa shape index (κ1) is 15.4. The third-order valence-electron chi connectivity index (χ3n) is 2.35. The van der Waals surface area contributed by atoms with Crippen LogP contribution in [0, 0.1) is 0 Å². The van der Waals surface area contributed by atoms with Gasteiger partial charge in [0, 0.05) is 10.6 Å². The molecule has 1 aromatic rings. The van der Waals surface area contributed by atoms with E-state index in [1.165, 1.54) is 0 Å². The van der Waals surface area contributed by atoms with Gasteiger partial charge in [0.1, 0.15) is 6.04 Å². The Hall–Kier alpha value is -1.66. The first-order valence-corrected chi connectivity index (χ1v) is 6.33. The third kappa shape index (κ3) is 4.84. The standard InChI is InChI=1S/C12H13ClN2O3S/c1-2-9(11(17)18)14-12(19)15-10(16)7-3-5-8(13)6-4-7/h3-6,9H,2H2,1H3,(H,17,18)(H2,14,15,16,19)/t9-/m0/s1. The molecular formula is C12H13ClN2O3S. The Kier molecular flexibility index (Phi) is 5.72. The summed E-state index contributed by atoms with van der Waals surface area (Å²) in [5, 5.41) is 14.3. The number of rotatable bonds is 4. The highest BCUT2D eigenvalue weighted by Crippen LogP contribution is 2.09. The minimum absolute atomic E-state index is 0.0193. The molecular weight excluding hydrogens is 288 g/mol. The summed E-state index contributed by atoms with van der Waals surface area (Å²) >= 11 is 10.6. The summed E-state index contributed by atoms with van der Waals surface area (Å²) in [6.45, 7) is 1.70. The average molecular weight is 301 g/mol. The van der Waals surface area contributed by atoms with Crippen molar-refractivity contribution in [1.29, 1.82) is 0 Å². The molecule has 0 spiro atoms. The molecule has 0 bridgehead atoms. The topological polar surface area (TPSA) is 78.4 Å². The summed E-state index contributed by atoms with van der Waals surface area (Å²) < 4.78 is 0. The van der Waals surface area contributed by atoms with Crippen LogP contribution in [-0.4, -0.2) is 28.1 Å². The van der Waals surface area contributed by atoms with Crippen LogP contribution in [0.5, 0.6) is 0 Å². The molecule has 5 nitrogen and oxygen atoms in total. The summed E-state index contributed by atoms with van der Waals surface area (Å²) in [4.78, 5) is 22.6. The second kappa shape index (κ2) is 7.06. The molecule has 0 aromatic heterocycles. The van der Waals surface area contributed by atoms with Gasteiger partial charge in [0.05, 0.1) is 0 Å². The number of carboxylic acids is 1. The molecule has 7 heteroatoms. The lowest BCUT2D eigenvalue weighted by molar-refractivity contribution is -0.139. The molecule has 1 atom stereocenters. The fourth-order valence-corrected chi connectivity index (χ4v) is 1.67. The van der Waals surface area contributed by atoms with Gasteiger partial charge in [-0.25, -0.2) is 4.79 Å². The lowest BCUT2D eigenvalue weighted by Crippen LogP contribution is -2.47. The number of halogens is 1. The quantitative estimate of drug-likeness (QED) is 0.739. The number of hydrogen-bond acceptors (Lipinski definition) is 3. The maximum Gasteiger partial charge on any atom is 0.326 e. The molecule has 19 heavy (non-hydrogen) atoms. The van der Waals surface area contributed by atoms with E-state index in [-0.39, 0.29) is 5.11 Å². The number of aliphatic carboxylic acids is 1. The number of hydrogen-bond donors (Lipinski definition) is 3. The van der Waals surface area contributed by atoms with Crippen LogP contribution in [-0.2, 0) is 4.79 Å². The zero-order valence-electron chi connectivity index (χ0n) is 10.1. The van der Waals surface area contributed by atoms with Crippen molar-refractivity contribution >= 4 is 40.8 Å². The van der Waals surface area contributed by atoms with Crippen molar-refractivity contribution in [1.82, 2.24) is 10.6 Å². The zero-order chi connectivity index (χ0) is 14.4. The number of carboxylic acid groups (broad SMARTS) is 1. The van der Waals surface area contributed by atoms with Gasteiger partial charge < -0.3 is 10.4 Å². The van der Waals surface area contributed by atoms with Gasteiger partial charge in [-0.05, 0) is 42.9 Å². The number of thiocarbonyl (C=S) groups is 1. The van der Waals surface area contributed by atoms with E-state index in [4.69, 9.17) is 28.9 Å².